The number of carbonyl (C=O) groups is 1. The Hall–Kier alpha value is -1.87. The molecule has 0 unspecified atom stereocenters. The van der Waals surface area contributed by atoms with Crippen molar-refractivity contribution in [2.75, 3.05) is 0 Å². The standard InChI is InChI=1S/C22H32O3/c1-2-3-4-5-6-7-8-9-10-11-12-14-17-20-21(25-20)18-15-13-16-19-22(23)24/h3-4,6-7,9-10,12-15,20-21H,2,5,8,11,16-19H2,1H3,(H,23,24)/b4-3-,7-6-,10-9-,14-12-,15-13-/t20-,21-/m0/s1. The molecule has 1 heterocycles. The summed E-state index contributed by atoms with van der Waals surface area (Å²) in [4.78, 5) is 10.4. The van der Waals surface area contributed by atoms with Crippen molar-refractivity contribution < 1.29 is 14.6 Å². The molecule has 1 aliphatic rings. The second-order valence-corrected chi connectivity index (χ2v) is 6.09. The molecule has 0 spiro atoms. The maximum absolute atomic E-state index is 10.4. The first-order valence-electron chi connectivity index (χ1n) is 9.36. The van der Waals surface area contributed by atoms with Crippen LogP contribution in [-0.2, 0) is 9.53 Å². The van der Waals surface area contributed by atoms with Crippen LogP contribution in [0.15, 0.2) is 60.8 Å². The van der Waals surface area contributed by atoms with Gasteiger partial charge >= 0.3 is 5.97 Å². The van der Waals surface area contributed by atoms with E-state index in [4.69, 9.17) is 9.84 Å². The third kappa shape index (κ3) is 13.1. The Labute approximate surface area is 152 Å². The molecule has 3 nitrogen and oxygen atoms in total. The summed E-state index contributed by atoms with van der Waals surface area (Å²) in [5.41, 5.74) is 0. The van der Waals surface area contributed by atoms with Crippen LogP contribution in [0.1, 0.15) is 58.3 Å². The molecular weight excluding hydrogens is 312 g/mol. The number of epoxide rings is 1. The molecule has 1 saturated heterocycles. The summed E-state index contributed by atoms with van der Waals surface area (Å²) in [6.07, 6.45) is 28.9. The first kappa shape index (κ1) is 21.2. The molecule has 1 fully saturated rings. The molecule has 138 valence electrons. The van der Waals surface area contributed by atoms with Crippen molar-refractivity contribution in [3.05, 3.63) is 60.8 Å². The van der Waals surface area contributed by atoms with Gasteiger partial charge in [-0.05, 0) is 44.9 Å². The lowest BCUT2D eigenvalue weighted by atomic mass is 10.1. The summed E-state index contributed by atoms with van der Waals surface area (Å²) >= 11 is 0. The van der Waals surface area contributed by atoms with E-state index in [0.29, 0.717) is 18.6 Å². The maximum atomic E-state index is 10.4. The molecule has 0 aliphatic carbocycles. The van der Waals surface area contributed by atoms with E-state index in [0.717, 1.165) is 38.5 Å². The van der Waals surface area contributed by atoms with E-state index in [-0.39, 0.29) is 6.42 Å². The second kappa shape index (κ2) is 14.5. The van der Waals surface area contributed by atoms with Gasteiger partial charge < -0.3 is 9.84 Å². The van der Waals surface area contributed by atoms with Crippen LogP contribution >= 0.6 is 0 Å². The summed E-state index contributed by atoms with van der Waals surface area (Å²) in [7, 11) is 0. The van der Waals surface area contributed by atoms with Crippen LogP contribution in [0.25, 0.3) is 0 Å². The van der Waals surface area contributed by atoms with Crippen LogP contribution in [0.2, 0.25) is 0 Å². The van der Waals surface area contributed by atoms with Gasteiger partial charge in [-0.1, -0.05) is 67.7 Å². The van der Waals surface area contributed by atoms with E-state index in [1.165, 1.54) is 0 Å². The van der Waals surface area contributed by atoms with Crippen molar-refractivity contribution in [3.63, 3.8) is 0 Å². The van der Waals surface area contributed by atoms with Crippen molar-refractivity contribution in [2.45, 2.75) is 70.5 Å². The second-order valence-electron chi connectivity index (χ2n) is 6.09. The third-order valence-corrected chi connectivity index (χ3v) is 3.83. The van der Waals surface area contributed by atoms with E-state index in [1.54, 1.807) is 0 Å². The van der Waals surface area contributed by atoms with Gasteiger partial charge in [-0.2, -0.15) is 0 Å². The molecule has 3 heteroatoms. The summed E-state index contributed by atoms with van der Waals surface area (Å²) in [5.74, 6) is -0.746. The highest BCUT2D eigenvalue weighted by Gasteiger charge is 2.35. The minimum absolute atomic E-state index is 0.202. The molecule has 0 bridgehead atoms. The quantitative estimate of drug-likeness (QED) is 0.322. The lowest BCUT2D eigenvalue weighted by molar-refractivity contribution is -0.136. The highest BCUT2D eigenvalue weighted by Crippen LogP contribution is 2.29. The number of rotatable bonds is 14. The van der Waals surface area contributed by atoms with E-state index < -0.39 is 5.97 Å². The summed E-state index contributed by atoms with van der Waals surface area (Å²) in [6.45, 7) is 2.15. The van der Waals surface area contributed by atoms with Crippen LogP contribution in [0.4, 0.5) is 0 Å². The van der Waals surface area contributed by atoms with E-state index >= 15 is 0 Å². The Morgan fingerprint density at radius 2 is 1.28 bits per heavy atom. The van der Waals surface area contributed by atoms with Gasteiger partial charge in [0, 0.05) is 6.42 Å². The van der Waals surface area contributed by atoms with Gasteiger partial charge in [0.05, 0.1) is 12.2 Å². The Morgan fingerprint density at radius 1 is 0.800 bits per heavy atom. The first-order chi connectivity index (χ1) is 12.2. The average molecular weight is 344 g/mol. The fourth-order valence-corrected chi connectivity index (χ4v) is 2.36. The largest absolute Gasteiger partial charge is 0.481 e. The van der Waals surface area contributed by atoms with Crippen LogP contribution in [-0.4, -0.2) is 23.3 Å². The molecule has 2 atom stereocenters. The number of aliphatic carboxylic acids is 1. The number of carboxylic acids is 1. The Balaban J connectivity index is 1.96. The van der Waals surface area contributed by atoms with E-state index in [2.05, 4.69) is 55.5 Å². The molecule has 0 saturated carbocycles. The minimum Gasteiger partial charge on any atom is -0.481 e. The van der Waals surface area contributed by atoms with Crippen LogP contribution in [0, 0.1) is 0 Å². The van der Waals surface area contributed by atoms with Crippen LogP contribution in [0.3, 0.4) is 0 Å². The van der Waals surface area contributed by atoms with Gasteiger partial charge in [0.15, 0.2) is 0 Å². The Kier molecular flexibility index (Phi) is 12.3. The van der Waals surface area contributed by atoms with Crippen LogP contribution in [0.5, 0.6) is 0 Å². The molecule has 0 amide bonds. The maximum Gasteiger partial charge on any atom is 0.303 e. The van der Waals surface area contributed by atoms with E-state index in [1.807, 2.05) is 12.2 Å². The monoisotopic (exact) mass is 344 g/mol. The van der Waals surface area contributed by atoms with Crippen molar-refractivity contribution in [1.29, 1.82) is 0 Å². The SMILES string of the molecule is CC/C=C\C/C=C\C/C=C\C/C=C\C[C@@H]1O[C@H]1C/C=C\CCC(=O)O. The molecule has 0 aromatic rings. The number of allylic oxidation sites excluding steroid dienone is 8. The first-order valence-corrected chi connectivity index (χ1v) is 9.36. The smallest absolute Gasteiger partial charge is 0.303 e. The van der Waals surface area contributed by atoms with E-state index in [9.17, 15) is 4.79 Å². The molecule has 1 aliphatic heterocycles. The van der Waals surface area contributed by atoms with Gasteiger partial charge in [0.2, 0.25) is 0 Å². The van der Waals surface area contributed by atoms with Gasteiger partial charge in [-0.3, -0.25) is 4.79 Å². The molecule has 1 N–H and O–H groups in total. The molecule has 0 radical (unpaired) electrons. The zero-order valence-electron chi connectivity index (χ0n) is 15.3. The number of hydrogen-bond donors (Lipinski definition) is 1. The van der Waals surface area contributed by atoms with Gasteiger partial charge in [-0.25, -0.2) is 0 Å². The number of ether oxygens (including phenoxy) is 1. The number of hydrogen-bond acceptors (Lipinski definition) is 2. The normalized spacial score (nSPS) is 20.8. The summed E-state index contributed by atoms with van der Waals surface area (Å²) in [6, 6.07) is 0. The third-order valence-electron chi connectivity index (χ3n) is 3.83. The average Bonchev–Trinajstić information content (AvgIpc) is 3.33. The molecule has 1 rings (SSSR count). The predicted octanol–water partition coefficient (Wildman–Crippen LogP) is 5.76. The lowest BCUT2D eigenvalue weighted by Gasteiger charge is -1.89. The highest BCUT2D eigenvalue weighted by atomic mass is 16.6. The number of carboxylic acid groups (broad SMARTS) is 1. The van der Waals surface area contributed by atoms with Crippen molar-refractivity contribution in [1.82, 2.24) is 0 Å². The molecular formula is C22H32O3. The minimum atomic E-state index is -0.746. The fraction of sp³-hybridized carbons (Fsp3) is 0.500. The zero-order valence-corrected chi connectivity index (χ0v) is 15.3. The topological polar surface area (TPSA) is 49.8 Å². The lowest BCUT2D eigenvalue weighted by Crippen LogP contribution is -1.92. The van der Waals surface area contributed by atoms with Crippen LogP contribution < -0.4 is 0 Å². The van der Waals surface area contributed by atoms with Gasteiger partial charge in [0.25, 0.3) is 0 Å². The predicted molar refractivity (Wildman–Crippen MR) is 105 cm³/mol. The van der Waals surface area contributed by atoms with Crippen molar-refractivity contribution in [3.8, 4) is 0 Å². The zero-order chi connectivity index (χ0) is 18.2. The van der Waals surface area contributed by atoms with Gasteiger partial charge in [-0.15, -0.1) is 0 Å². The van der Waals surface area contributed by atoms with Crippen molar-refractivity contribution in [2.24, 2.45) is 0 Å². The summed E-state index contributed by atoms with van der Waals surface area (Å²) in [5, 5.41) is 8.54. The summed E-state index contributed by atoms with van der Waals surface area (Å²) < 4.78 is 5.59. The molecule has 0 aromatic heterocycles. The highest BCUT2D eigenvalue weighted by molar-refractivity contribution is 5.66. The van der Waals surface area contributed by atoms with Crippen molar-refractivity contribution >= 4 is 5.97 Å². The Bertz CT molecular complexity index is 497. The fourth-order valence-electron chi connectivity index (χ4n) is 2.36. The molecule has 0 aromatic carbocycles. The molecule has 25 heavy (non-hydrogen) atoms. The Morgan fingerprint density at radius 3 is 1.80 bits per heavy atom. The van der Waals surface area contributed by atoms with Gasteiger partial charge in [0.1, 0.15) is 0 Å².